The van der Waals surface area contributed by atoms with E-state index in [0.29, 0.717) is 12.6 Å². The molecule has 6 heteroatoms. The molecule has 0 radical (unpaired) electrons. The maximum absolute atomic E-state index is 12.1. The molecule has 1 N–H and O–H groups in total. The molecule has 1 aliphatic rings. The highest BCUT2D eigenvalue weighted by molar-refractivity contribution is 5.79. The van der Waals surface area contributed by atoms with Gasteiger partial charge in [-0.1, -0.05) is 6.92 Å². The van der Waals surface area contributed by atoms with E-state index < -0.39 is 0 Å². The lowest BCUT2D eigenvalue weighted by atomic mass is 9.99. The van der Waals surface area contributed by atoms with Gasteiger partial charge in [-0.2, -0.15) is 5.10 Å². The molecule has 0 spiro atoms. The van der Waals surface area contributed by atoms with Gasteiger partial charge in [0.05, 0.1) is 0 Å². The third-order valence-electron chi connectivity index (χ3n) is 4.10. The smallest absolute Gasteiger partial charge is 0.244 e. The van der Waals surface area contributed by atoms with E-state index in [1.165, 1.54) is 19.2 Å². The number of amides is 1. The molecule has 3 atom stereocenters. The lowest BCUT2D eigenvalue weighted by Crippen LogP contribution is -2.47. The summed E-state index contributed by atoms with van der Waals surface area (Å²) < 4.78 is 1.57. The van der Waals surface area contributed by atoms with Crippen molar-refractivity contribution in [2.24, 2.45) is 5.92 Å². The minimum absolute atomic E-state index is 0.00703. The monoisotopic (exact) mass is 279 g/mol. The summed E-state index contributed by atoms with van der Waals surface area (Å²) >= 11 is 0. The first-order valence-corrected chi connectivity index (χ1v) is 7.43. The Balaban J connectivity index is 1.78. The van der Waals surface area contributed by atoms with E-state index in [1.807, 2.05) is 6.92 Å². The van der Waals surface area contributed by atoms with Crippen molar-refractivity contribution in [1.29, 1.82) is 0 Å². The highest BCUT2D eigenvalue weighted by atomic mass is 16.2. The summed E-state index contributed by atoms with van der Waals surface area (Å²) in [5.74, 6) is 0.753. The Kier molecular flexibility index (Phi) is 5.11. The van der Waals surface area contributed by atoms with Crippen LogP contribution in [0.2, 0.25) is 0 Å². The Morgan fingerprint density at radius 1 is 1.50 bits per heavy atom. The third-order valence-corrected chi connectivity index (χ3v) is 4.10. The van der Waals surface area contributed by atoms with Crippen LogP contribution in [0.4, 0.5) is 0 Å². The van der Waals surface area contributed by atoms with Crippen molar-refractivity contribution in [3.8, 4) is 0 Å². The standard InChI is InChI=1S/C14H25N5O/c1-11-5-4-6-18(8-11)12(2)7-16-14(20)13(3)19-10-15-9-17-19/h9-13H,4-8H2,1-3H3,(H,16,20)/t11-,12-,13+/m1/s1. The van der Waals surface area contributed by atoms with Gasteiger partial charge in [-0.3, -0.25) is 9.69 Å². The molecule has 1 aromatic heterocycles. The number of hydrogen-bond donors (Lipinski definition) is 1. The number of aromatic nitrogens is 3. The van der Waals surface area contributed by atoms with Gasteiger partial charge in [0.25, 0.3) is 0 Å². The van der Waals surface area contributed by atoms with Crippen LogP contribution in [0.15, 0.2) is 12.7 Å². The largest absolute Gasteiger partial charge is 0.353 e. The molecule has 1 saturated heterocycles. The van der Waals surface area contributed by atoms with Gasteiger partial charge in [-0.05, 0) is 39.2 Å². The normalized spacial score (nSPS) is 23.2. The van der Waals surface area contributed by atoms with E-state index in [9.17, 15) is 4.79 Å². The molecular weight excluding hydrogens is 254 g/mol. The number of rotatable bonds is 5. The summed E-state index contributed by atoms with van der Waals surface area (Å²) in [5.41, 5.74) is 0. The third kappa shape index (κ3) is 3.79. The molecule has 20 heavy (non-hydrogen) atoms. The summed E-state index contributed by atoms with van der Waals surface area (Å²) in [6.45, 7) is 9.26. The lowest BCUT2D eigenvalue weighted by Gasteiger charge is -2.35. The van der Waals surface area contributed by atoms with Crippen molar-refractivity contribution >= 4 is 5.91 Å². The minimum Gasteiger partial charge on any atom is -0.353 e. The van der Waals surface area contributed by atoms with Crippen molar-refractivity contribution in [2.75, 3.05) is 19.6 Å². The van der Waals surface area contributed by atoms with Gasteiger partial charge in [-0.15, -0.1) is 0 Å². The molecule has 1 fully saturated rings. The van der Waals surface area contributed by atoms with Crippen LogP contribution in [0.1, 0.15) is 39.7 Å². The molecule has 0 unspecified atom stereocenters. The first kappa shape index (κ1) is 15.0. The number of carbonyl (C=O) groups is 1. The van der Waals surface area contributed by atoms with Crippen LogP contribution in [0.5, 0.6) is 0 Å². The summed E-state index contributed by atoms with van der Waals surface area (Å²) in [6.07, 6.45) is 5.59. The Morgan fingerprint density at radius 3 is 2.95 bits per heavy atom. The molecule has 1 aliphatic heterocycles. The Hall–Kier alpha value is -1.43. The van der Waals surface area contributed by atoms with Gasteiger partial charge in [0.2, 0.25) is 5.91 Å². The molecule has 112 valence electrons. The summed E-state index contributed by atoms with van der Waals surface area (Å²) in [6, 6.07) is 0.0645. The molecule has 6 nitrogen and oxygen atoms in total. The van der Waals surface area contributed by atoms with E-state index in [4.69, 9.17) is 0 Å². The molecule has 2 heterocycles. The zero-order valence-electron chi connectivity index (χ0n) is 12.6. The first-order valence-electron chi connectivity index (χ1n) is 7.43. The summed E-state index contributed by atoms with van der Waals surface area (Å²) in [7, 11) is 0. The summed E-state index contributed by atoms with van der Waals surface area (Å²) in [5, 5.41) is 7.01. The van der Waals surface area contributed by atoms with Gasteiger partial charge in [0, 0.05) is 19.1 Å². The van der Waals surface area contributed by atoms with Crippen molar-refractivity contribution in [3.05, 3.63) is 12.7 Å². The van der Waals surface area contributed by atoms with E-state index in [-0.39, 0.29) is 11.9 Å². The predicted octanol–water partition coefficient (Wildman–Crippen LogP) is 1.08. The predicted molar refractivity (Wildman–Crippen MR) is 77.2 cm³/mol. The quantitative estimate of drug-likeness (QED) is 0.876. The van der Waals surface area contributed by atoms with E-state index in [0.717, 1.165) is 19.0 Å². The van der Waals surface area contributed by atoms with Crippen LogP contribution in [0, 0.1) is 5.92 Å². The number of likely N-dealkylation sites (tertiary alicyclic amines) is 1. The van der Waals surface area contributed by atoms with Crippen molar-refractivity contribution in [3.63, 3.8) is 0 Å². The van der Waals surface area contributed by atoms with Crippen LogP contribution in [-0.4, -0.2) is 51.2 Å². The topological polar surface area (TPSA) is 63.1 Å². The van der Waals surface area contributed by atoms with E-state index in [2.05, 4.69) is 34.1 Å². The minimum atomic E-state index is -0.315. The molecule has 0 bridgehead atoms. The number of carbonyl (C=O) groups excluding carboxylic acids is 1. The lowest BCUT2D eigenvalue weighted by molar-refractivity contribution is -0.124. The molecule has 0 aliphatic carbocycles. The average Bonchev–Trinajstić information content (AvgIpc) is 2.97. The van der Waals surface area contributed by atoms with Gasteiger partial charge in [0.1, 0.15) is 18.7 Å². The van der Waals surface area contributed by atoms with Crippen LogP contribution >= 0.6 is 0 Å². The second-order valence-corrected chi connectivity index (χ2v) is 5.89. The molecule has 1 aromatic rings. The van der Waals surface area contributed by atoms with Crippen LogP contribution in [-0.2, 0) is 4.79 Å². The zero-order valence-corrected chi connectivity index (χ0v) is 12.6. The second-order valence-electron chi connectivity index (χ2n) is 5.89. The van der Waals surface area contributed by atoms with Gasteiger partial charge >= 0.3 is 0 Å². The maximum Gasteiger partial charge on any atom is 0.244 e. The average molecular weight is 279 g/mol. The molecule has 0 saturated carbocycles. The zero-order chi connectivity index (χ0) is 14.5. The van der Waals surface area contributed by atoms with Gasteiger partial charge in [-0.25, -0.2) is 9.67 Å². The highest BCUT2D eigenvalue weighted by Crippen LogP contribution is 2.17. The van der Waals surface area contributed by atoms with Crippen molar-refractivity contribution in [1.82, 2.24) is 25.0 Å². The fraction of sp³-hybridized carbons (Fsp3) is 0.786. The van der Waals surface area contributed by atoms with Crippen LogP contribution in [0.25, 0.3) is 0 Å². The maximum atomic E-state index is 12.1. The Bertz CT molecular complexity index is 419. The molecule has 2 rings (SSSR count). The van der Waals surface area contributed by atoms with Gasteiger partial charge < -0.3 is 5.32 Å². The molecule has 1 amide bonds. The van der Waals surface area contributed by atoms with E-state index >= 15 is 0 Å². The first-order chi connectivity index (χ1) is 9.58. The van der Waals surface area contributed by atoms with Crippen molar-refractivity contribution in [2.45, 2.75) is 45.7 Å². The number of hydrogen-bond acceptors (Lipinski definition) is 4. The SMILES string of the molecule is C[C@@H]1CCCN([C@H](C)CNC(=O)[C@H](C)n2cncn2)C1. The highest BCUT2D eigenvalue weighted by Gasteiger charge is 2.22. The van der Waals surface area contributed by atoms with Crippen LogP contribution < -0.4 is 5.32 Å². The van der Waals surface area contributed by atoms with Crippen molar-refractivity contribution < 1.29 is 4.79 Å². The molecule has 0 aromatic carbocycles. The van der Waals surface area contributed by atoms with Gasteiger partial charge in [0.15, 0.2) is 0 Å². The second kappa shape index (κ2) is 6.83. The molecular formula is C14H25N5O. The number of nitrogens with one attached hydrogen (secondary N) is 1. The van der Waals surface area contributed by atoms with E-state index in [1.54, 1.807) is 11.0 Å². The Labute approximate surface area is 120 Å². The fourth-order valence-electron chi connectivity index (χ4n) is 2.69. The Morgan fingerprint density at radius 2 is 2.30 bits per heavy atom. The number of piperidine rings is 1. The summed E-state index contributed by atoms with van der Waals surface area (Å²) in [4.78, 5) is 18.4. The fourth-order valence-corrected chi connectivity index (χ4v) is 2.69. The van der Waals surface area contributed by atoms with Crippen LogP contribution in [0.3, 0.4) is 0 Å². The number of nitrogens with zero attached hydrogens (tertiary/aromatic N) is 4.